The van der Waals surface area contributed by atoms with E-state index in [1.807, 2.05) is 0 Å². The minimum absolute atomic E-state index is 0.244. The molecule has 0 heterocycles. The van der Waals surface area contributed by atoms with Gasteiger partial charge in [-0.2, -0.15) is 0 Å². The predicted molar refractivity (Wildman–Crippen MR) is 97.1 cm³/mol. The summed E-state index contributed by atoms with van der Waals surface area (Å²) in [6.07, 6.45) is 3.65. The Balaban J connectivity index is 2.95. The first-order valence-electron chi connectivity index (χ1n) is 8.63. The van der Waals surface area contributed by atoms with Crippen LogP contribution in [0, 0.1) is 0 Å². The van der Waals surface area contributed by atoms with E-state index in [1.165, 1.54) is 14.2 Å². The second-order valence-electron chi connectivity index (χ2n) is 5.98. The molecule has 140 valence electrons. The molecule has 0 aliphatic heterocycles. The van der Waals surface area contributed by atoms with E-state index in [1.54, 1.807) is 32.0 Å². The van der Waals surface area contributed by atoms with Gasteiger partial charge >= 0.3 is 5.97 Å². The van der Waals surface area contributed by atoms with Crippen molar-refractivity contribution in [1.82, 2.24) is 0 Å². The smallest absolute Gasteiger partial charge is 0.341 e. The van der Waals surface area contributed by atoms with Crippen molar-refractivity contribution in [1.29, 1.82) is 0 Å². The lowest BCUT2D eigenvalue weighted by molar-refractivity contribution is -0.136. The van der Waals surface area contributed by atoms with Crippen LogP contribution in [0.2, 0.25) is 0 Å². The van der Waals surface area contributed by atoms with Gasteiger partial charge in [0.1, 0.15) is 16.9 Å². The maximum absolute atomic E-state index is 12.6. The van der Waals surface area contributed by atoms with E-state index in [2.05, 4.69) is 12.2 Å². The number of rotatable bonds is 10. The van der Waals surface area contributed by atoms with Gasteiger partial charge in [-0.25, -0.2) is 4.79 Å². The molecule has 1 amide bonds. The molecule has 0 aliphatic carbocycles. The topological polar surface area (TPSA) is 73.9 Å². The summed E-state index contributed by atoms with van der Waals surface area (Å²) in [7, 11) is 3.01. The highest BCUT2D eigenvalue weighted by Gasteiger charge is 2.32. The van der Waals surface area contributed by atoms with Crippen LogP contribution in [-0.4, -0.2) is 38.3 Å². The van der Waals surface area contributed by atoms with Gasteiger partial charge in [0.05, 0.1) is 13.7 Å². The number of methoxy groups -OCH3 is 2. The lowest BCUT2D eigenvalue weighted by Gasteiger charge is -2.27. The number of esters is 1. The van der Waals surface area contributed by atoms with Gasteiger partial charge in [-0.1, -0.05) is 26.2 Å². The van der Waals surface area contributed by atoms with Gasteiger partial charge in [-0.05, 0) is 38.5 Å². The van der Waals surface area contributed by atoms with Gasteiger partial charge in [0.25, 0.3) is 5.91 Å². The zero-order valence-electron chi connectivity index (χ0n) is 15.8. The van der Waals surface area contributed by atoms with Gasteiger partial charge < -0.3 is 19.5 Å². The molecule has 1 atom stereocenters. The third-order valence-electron chi connectivity index (χ3n) is 4.14. The Labute approximate surface area is 149 Å². The van der Waals surface area contributed by atoms with Crippen LogP contribution in [0.15, 0.2) is 18.2 Å². The fourth-order valence-corrected chi connectivity index (χ4v) is 2.44. The van der Waals surface area contributed by atoms with Crippen LogP contribution in [0.5, 0.6) is 5.75 Å². The number of anilines is 1. The number of carbonyl (C=O) groups excluding carboxylic acids is 2. The number of unbranched alkanes of at least 4 members (excludes halogenated alkanes) is 2. The van der Waals surface area contributed by atoms with E-state index in [9.17, 15) is 9.59 Å². The molecule has 1 N–H and O–H groups in total. The Kier molecular flexibility index (Phi) is 8.41. The highest BCUT2D eigenvalue weighted by molar-refractivity contribution is 5.99. The molecule has 0 aromatic heterocycles. The molecule has 0 saturated heterocycles. The van der Waals surface area contributed by atoms with Crippen LogP contribution in [0.1, 0.15) is 56.8 Å². The van der Waals surface area contributed by atoms with Gasteiger partial charge in [-0.15, -0.1) is 0 Å². The molecule has 0 spiro atoms. The van der Waals surface area contributed by atoms with E-state index in [0.717, 1.165) is 19.3 Å². The zero-order valence-corrected chi connectivity index (χ0v) is 15.8. The van der Waals surface area contributed by atoms with Crippen molar-refractivity contribution in [3.63, 3.8) is 0 Å². The number of ether oxygens (including phenoxy) is 3. The zero-order chi connectivity index (χ0) is 18.9. The van der Waals surface area contributed by atoms with Crippen LogP contribution in [0.3, 0.4) is 0 Å². The highest BCUT2D eigenvalue weighted by atomic mass is 16.5. The predicted octanol–water partition coefficient (Wildman–Crippen LogP) is 3.80. The number of carbonyl (C=O) groups is 2. The molecule has 1 rings (SSSR count). The summed E-state index contributed by atoms with van der Waals surface area (Å²) in [5.41, 5.74) is -0.154. The summed E-state index contributed by atoms with van der Waals surface area (Å²) < 4.78 is 15.7. The summed E-state index contributed by atoms with van der Waals surface area (Å²) in [5.74, 6) is -0.340. The van der Waals surface area contributed by atoms with E-state index in [-0.39, 0.29) is 18.1 Å². The number of amides is 1. The number of nitrogens with one attached hydrogen (secondary N) is 1. The fourth-order valence-electron chi connectivity index (χ4n) is 2.44. The van der Waals surface area contributed by atoms with E-state index < -0.39 is 11.6 Å². The molecule has 25 heavy (non-hydrogen) atoms. The third kappa shape index (κ3) is 5.74. The van der Waals surface area contributed by atoms with Crippen molar-refractivity contribution in [2.75, 3.05) is 26.1 Å². The SMILES string of the molecule is CCCCC[C@@](C)(OC)C(=O)Nc1ccc(OC)c(C(=O)OCC)c1. The molecule has 6 heteroatoms. The van der Waals surface area contributed by atoms with E-state index in [0.29, 0.717) is 17.9 Å². The highest BCUT2D eigenvalue weighted by Crippen LogP contribution is 2.26. The average molecular weight is 351 g/mol. The first-order chi connectivity index (χ1) is 11.9. The van der Waals surface area contributed by atoms with Crippen LogP contribution in [-0.2, 0) is 14.3 Å². The van der Waals surface area contributed by atoms with Gasteiger partial charge in [0.2, 0.25) is 0 Å². The van der Waals surface area contributed by atoms with Crippen molar-refractivity contribution < 1.29 is 23.8 Å². The molecule has 1 aromatic rings. The van der Waals surface area contributed by atoms with Crippen LogP contribution < -0.4 is 10.1 Å². The molecule has 6 nitrogen and oxygen atoms in total. The summed E-state index contributed by atoms with van der Waals surface area (Å²) in [4.78, 5) is 24.7. The molecule has 0 unspecified atom stereocenters. The molecular weight excluding hydrogens is 322 g/mol. The molecule has 0 fully saturated rings. The molecule has 0 radical (unpaired) electrons. The normalized spacial score (nSPS) is 13.0. The van der Waals surface area contributed by atoms with Crippen LogP contribution >= 0.6 is 0 Å². The van der Waals surface area contributed by atoms with Crippen LogP contribution in [0.4, 0.5) is 5.69 Å². The summed E-state index contributed by atoms with van der Waals surface area (Å²) in [6.45, 7) is 5.88. The standard InChI is InChI=1S/C19H29NO5/c1-6-8-9-12-19(3,24-5)18(22)20-14-10-11-16(23-4)15(13-14)17(21)25-7-2/h10-11,13H,6-9,12H2,1-5H3,(H,20,22)/t19-/m1/s1. The van der Waals surface area contributed by atoms with Crippen molar-refractivity contribution in [3.05, 3.63) is 23.8 Å². The quantitative estimate of drug-likeness (QED) is 0.513. The van der Waals surface area contributed by atoms with Gasteiger partial charge in [-0.3, -0.25) is 4.79 Å². The monoisotopic (exact) mass is 351 g/mol. The Hall–Kier alpha value is -2.08. The second kappa shape index (κ2) is 10.0. The first-order valence-corrected chi connectivity index (χ1v) is 8.63. The van der Waals surface area contributed by atoms with Crippen molar-refractivity contribution in [2.24, 2.45) is 0 Å². The third-order valence-corrected chi connectivity index (χ3v) is 4.14. The summed E-state index contributed by atoms with van der Waals surface area (Å²) in [6, 6.07) is 4.86. The van der Waals surface area contributed by atoms with E-state index in [4.69, 9.17) is 14.2 Å². The number of benzene rings is 1. The average Bonchev–Trinajstić information content (AvgIpc) is 2.61. The van der Waals surface area contributed by atoms with Gasteiger partial charge in [0, 0.05) is 12.8 Å². The molecular formula is C19H29NO5. The molecule has 1 aromatic carbocycles. The summed E-state index contributed by atoms with van der Waals surface area (Å²) >= 11 is 0. The minimum Gasteiger partial charge on any atom is -0.496 e. The lowest BCUT2D eigenvalue weighted by atomic mass is 9.96. The second-order valence-corrected chi connectivity index (χ2v) is 5.98. The fraction of sp³-hybridized carbons (Fsp3) is 0.579. The lowest BCUT2D eigenvalue weighted by Crippen LogP contribution is -2.42. The number of hydrogen-bond acceptors (Lipinski definition) is 5. The Morgan fingerprint density at radius 2 is 1.88 bits per heavy atom. The minimum atomic E-state index is -0.917. The first kappa shape index (κ1) is 21.0. The molecule has 0 bridgehead atoms. The largest absolute Gasteiger partial charge is 0.496 e. The number of hydrogen-bond donors (Lipinski definition) is 1. The van der Waals surface area contributed by atoms with Crippen molar-refractivity contribution in [2.45, 2.75) is 52.1 Å². The van der Waals surface area contributed by atoms with Crippen molar-refractivity contribution >= 4 is 17.6 Å². The maximum atomic E-state index is 12.6. The Bertz CT molecular complexity index is 587. The Morgan fingerprint density at radius 3 is 2.44 bits per heavy atom. The molecule has 0 saturated carbocycles. The summed E-state index contributed by atoms with van der Waals surface area (Å²) in [5, 5.41) is 2.82. The van der Waals surface area contributed by atoms with E-state index >= 15 is 0 Å². The van der Waals surface area contributed by atoms with Crippen LogP contribution in [0.25, 0.3) is 0 Å². The van der Waals surface area contributed by atoms with Gasteiger partial charge in [0.15, 0.2) is 0 Å². The maximum Gasteiger partial charge on any atom is 0.341 e. The van der Waals surface area contributed by atoms with Crippen molar-refractivity contribution in [3.8, 4) is 5.75 Å². The molecule has 0 aliphatic rings. The Morgan fingerprint density at radius 1 is 1.16 bits per heavy atom.